The molecule has 1 aromatic carbocycles. The lowest BCUT2D eigenvalue weighted by Gasteiger charge is -2.02. The lowest BCUT2D eigenvalue weighted by molar-refractivity contribution is 0.112. The average molecular weight is 220 g/mol. The number of nitrogens with zero attached hydrogens (tertiary/aromatic N) is 2. The molecule has 0 amide bonds. The number of carbonyl (C=O) groups excluding carboxylic acids is 1. The van der Waals surface area contributed by atoms with Crippen LogP contribution in [0.1, 0.15) is 16.1 Å². The van der Waals surface area contributed by atoms with E-state index in [0.29, 0.717) is 17.7 Å². The third-order valence-electron chi connectivity index (χ3n) is 2.27. The van der Waals surface area contributed by atoms with Crippen LogP contribution in [0.3, 0.4) is 0 Å². The first-order valence-corrected chi connectivity index (χ1v) is 4.63. The van der Waals surface area contributed by atoms with Crippen LogP contribution in [0.4, 0.5) is 4.39 Å². The number of aromatic nitrogens is 2. The van der Waals surface area contributed by atoms with E-state index in [-0.39, 0.29) is 17.3 Å². The summed E-state index contributed by atoms with van der Waals surface area (Å²) in [6, 6.07) is 5.45. The molecule has 0 aliphatic heterocycles. The molecule has 2 rings (SSSR count). The molecule has 0 saturated carbocycles. The minimum Gasteiger partial charge on any atom is -0.493 e. The predicted octanol–water partition coefficient (Wildman–Crippen LogP) is 1.84. The van der Waals surface area contributed by atoms with Crippen molar-refractivity contribution >= 4 is 6.29 Å². The first-order chi connectivity index (χ1) is 7.63. The molecule has 0 spiro atoms. The fourth-order valence-corrected chi connectivity index (χ4v) is 1.43. The number of halogens is 1. The van der Waals surface area contributed by atoms with E-state index in [4.69, 9.17) is 0 Å². The van der Waals surface area contributed by atoms with Crippen molar-refractivity contribution in [2.75, 3.05) is 0 Å². The molecule has 16 heavy (non-hydrogen) atoms. The minimum atomic E-state index is -0.372. The Bertz CT molecular complexity index is 532. The number of benzene rings is 1. The third-order valence-corrected chi connectivity index (χ3v) is 2.27. The van der Waals surface area contributed by atoms with Gasteiger partial charge in [-0.3, -0.25) is 4.79 Å². The Balaban J connectivity index is 2.56. The molecule has 0 unspecified atom stereocenters. The largest absolute Gasteiger partial charge is 0.493 e. The summed E-state index contributed by atoms with van der Waals surface area (Å²) in [5, 5.41) is 13.7. The molecule has 1 heterocycles. The molecule has 0 radical (unpaired) electrons. The van der Waals surface area contributed by atoms with Gasteiger partial charge in [-0.15, -0.1) is 0 Å². The maximum absolute atomic E-state index is 12.7. The molecule has 4 nitrogen and oxygen atoms in total. The molecule has 0 aliphatic rings. The minimum absolute atomic E-state index is 0.143. The van der Waals surface area contributed by atoms with Gasteiger partial charge in [-0.05, 0) is 31.2 Å². The van der Waals surface area contributed by atoms with Crippen LogP contribution >= 0.6 is 0 Å². The van der Waals surface area contributed by atoms with Crippen molar-refractivity contribution in [3.8, 4) is 11.6 Å². The SMILES string of the molecule is Cc1nn(-c2ccc(F)cc2)c(O)c1C=O. The molecule has 0 atom stereocenters. The Hall–Kier alpha value is -2.17. The highest BCUT2D eigenvalue weighted by Gasteiger charge is 2.14. The molecule has 0 fully saturated rings. The van der Waals surface area contributed by atoms with Gasteiger partial charge in [0.25, 0.3) is 0 Å². The van der Waals surface area contributed by atoms with E-state index in [0.717, 1.165) is 0 Å². The van der Waals surface area contributed by atoms with Crippen LogP contribution in [-0.4, -0.2) is 21.2 Å². The Labute approximate surface area is 90.9 Å². The van der Waals surface area contributed by atoms with Gasteiger partial charge in [-0.2, -0.15) is 5.10 Å². The van der Waals surface area contributed by atoms with E-state index < -0.39 is 0 Å². The lowest BCUT2D eigenvalue weighted by Crippen LogP contribution is -1.96. The van der Waals surface area contributed by atoms with E-state index in [1.807, 2.05) is 0 Å². The predicted molar refractivity (Wildman–Crippen MR) is 55.3 cm³/mol. The summed E-state index contributed by atoms with van der Waals surface area (Å²) in [5.74, 6) is -0.609. The number of aldehydes is 1. The topological polar surface area (TPSA) is 55.1 Å². The molecule has 0 aliphatic carbocycles. The zero-order valence-electron chi connectivity index (χ0n) is 8.51. The zero-order chi connectivity index (χ0) is 11.7. The summed E-state index contributed by atoms with van der Waals surface area (Å²) in [6.07, 6.45) is 0.539. The van der Waals surface area contributed by atoms with Crippen LogP contribution < -0.4 is 0 Å². The summed E-state index contributed by atoms with van der Waals surface area (Å²) in [5.41, 5.74) is 1.07. The fraction of sp³-hybridized carbons (Fsp3) is 0.0909. The van der Waals surface area contributed by atoms with E-state index in [1.54, 1.807) is 6.92 Å². The van der Waals surface area contributed by atoms with Gasteiger partial charge in [-0.25, -0.2) is 9.07 Å². The molecule has 1 aromatic heterocycles. The highest BCUT2D eigenvalue weighted by molar-refractivity contribution is 5.80. The number of aryl methyl sites for hydroxylation is 1. The van der Waals surface area contributed by atoms with Crippen molar-refractivity contribution in [1.29, 1.82) is 0 Å². The normalized spacial score (nSPS) is 10.4. The van der Waals surface area contributed by atoms with Crippen molar-refractivity contribution in [2.24, 2.45) is 0 Å². The van der Waals surface area contributed by atoms with Gasteiger partial charge in [-0.1, -0.05) is 0 Å². The lowest BCUT2D eigenvalue weighted by atomic mass is 10.3. The van der Waals surface area contributed by atoms with E-state index in [1.165, 1.54) is 28.9 Å². The summed E-state index contributed by atoms with van der Waals surface area (Å²) in [6.45, 7) is 1.61. The maximum atomic E-state index is 12.7. The second-order valence-corrected chi connectivity index (χ2v) is 3.33. The molecular weight excluding hydrogens is 211 g/mol. The standard InChI is InChI=1S/C11H9FN2O2/c1-7-10(6-15)11(16)14(13-7)9-4-2-8(12)3-5-9/h2-6,16H,1H3. The second kappa shape index (κ2) is 3.77. The van der Waals surface area contributed by atoms with Gasteiger partial charge in [0.15, 0.2) is 6.29 Å². The Morgan fingerprint density at radius 1 is 1.38 bits per heavy atom. The summed E-state index contributed by atoms with van der Waals surface area (Å²) < 4.78 is 13.9. The molecule has 0 bridgehead atoms. The van der Waals surface area contributed by atoms with Gasteiger partial charge in [0.1, 0.15) is 5.82 Å². The van der Waals surface area contributed by atoms with Gasteiger partial charge in [0, 0.05) is 0 Å². The second-order valence-electron chi connectivity index (χ2n) is 3.33. The van der Waals surface area contributed by atoms with E-state index >= 15 is 0 Å². The van der Waals surface area contributed by atoms with Crippen LogP contribution in [-0.2, 0) is 0 Å². The summed E-state index contributed by atoms with van der Waals surface area (Å²) in [4.78, 5) is 10.7. The van der Waals surface area contributed by atoms with Crippen molar-refractivity contribution in [3.63, 3.8) is 0 Å². The van der Waals surface area contributed by atoms with Crippen LogP contribution in [0.15, 0.2) is 24.3 Å². The van der Waals surface area contributed by atoms with Crippen LogP contribution in [0.2, 0.25) is 0 Å². The van der Waals surface area contributed by atoms with Crippen molar-refractivity contribution in [2.45, 2.75) is 6.92 Å². The number of hydrogen-bond donors (Lipinski definition) is 1. The third kappa shape index (κ3) is 1.56. The van der Waals surface area contributed by atoms with Gasteiger partial charge >= 0.3 is 0 Å². The highest BCUT2D eigenvalue weighted by atomic mass is 19.1. The molecule has 1 N–H and O–H groups in total. The van der Waals surface area contributed by atoms with Gasteiger partial charge < -0.3 is 5.11 Å². The monoisotopic (exact) mass is 220 g/mol. The Morgan fingerprint density at radius 3 is 2.50 bits per heavy atom. The van der Waals surface area contributed by atoms with E-state index in [9.17, 15) is 14.3 Å². The highest BCUT2D eigenvalue weighted by Crippen LogP contribution is 2.22. The Morgan fingerprint density at radius 2 is 2.00 bits per heavy atom. The van der Waals surface area contributed by atoms with Crippen LogP contribution in [0.5, 0.6) is 5.88 Å². The quantitative estimate of drug-likeness (QED) is 0.785. The van der Waals surface area contributed by atoms with Gasteiger partial charge in [0.05, 0.1) is 16.9 Å². The average Bonchev–Trinajstić information content (AvgIpc) is 2.55. The van der Waals surface area contributed by atoms with E-state index in [2.05, 4.69) is 5.10 Å². The first kappa shape index (κ1) is 10.4. The number of hydrogen-bond acceptors (Lipinski definition) is 3. The molecule has 5 heteroatoms. The van der Waals surface area contributed by atoms with Crippen molar-refractivity contribution < 1.29 is 14.3 Å². The fourth-order valence-electron chi connectivity index (χ4n) is 1.43. The maximum Gasteiger partial charge on any atom is 0.225 e. The Kier molecular flexibility index (Phi) is 2.44. The van der Waals surface area contributed by atoms with Crippen LogP contribution in [0.25, 0.3) is 5.69 Å². The number of carbonyl (C=O) groups is 1. The van der Waals surface area contributed by atoms with Crippen LogP contribution in [0, 0.1) is 12.7 Å². The molecule has 82 valence electrons. The molecule has 2 aromatic rings. The van der Waals surface area contributed by atoms with Gasteiger partial charge in [0.2, 0.25) is 5.88 Å². The summed E-state index contributed by atoms with van der Waals surface area (Å²) in [7, 11) is 0. The smallest absolute Gasteiger partial charge is 0.225 e. The van der Waals surface area contributed by atoms with Crippen molar-refractivity contribution in [3.05, 3.63) is 41.3 Å². The number of aromatic hydroxyl groups is 1. The van der Waals surface area contributed by atoms with Crippen molar-refractivity contribution in [1.82, 2.24) is 9.78 Å². The summed E-state index contributed by atoms with van der Waals surface area (Å²) >= 11 is 0. The zero-order valence-corrected chi connectivity index (χ0v) is 8.51. The molecular formula is C11H9FN2O2. The molecule has 0 saturated heterocycles. The first-order valence-electron chi connectivity index (χ1n) is 4.63. The number of rotatable bonds is 2.